The van der Waals surface area contributed by atoms with Crippen molar-refractivity contribution in [3.8, 4) is 11.3 Å². The van der Waals surface area contributed by atoms with Crippen molar-refractivity contribution in [2.75, 3.05) is 25.6 Å². The van der Waals surface area contributed by atoms with Crippen molar-refractivity contribution in [2.24, 2.45) is 0 Å². The monoisotopic (exact) mass is 310 g/mol. The van der Waals surface area contributed by atoms with Gasteiger partial charge in [-0.2, -0.15) is 0 Å². The topological polar surface area (TPSA) is 71.1 Å². The van der Waals surface area contributed by atoms with E-state index in [9.17, 15) is 4.79 Å². The molecule has 0 fully saturated rings. The summed E-state index contributed by atoms with van der Waals surface area (Å²) >= 11 is 0. The van der Waals surface area contributed by atoms with Gasteiger partial charge in [0.15, 0.2) is 0 Å². The SMILES string of the molecule is CCOC(=O)c1ccc(-c2cc3c(N(C)C)ncnc3[nH]2)cc1. The minimum Gasteiger partial charge on any atom is -0.462 e. The summed E-state index contributed by atoms with van der Waals surface area (Å²) in [5.41, 5.74) is 3.23. The van der Waals surface area contributed by atoms with E-state index in [2.05, 4.69) is 15.0 Å². The number of ether oxygens (including phenoxy) is 1. The molecule has 1 aromatic carbocycles. The van der Waals surface area contributed by atoms with Gasteiger partial charge in [-0.15, -0.1) is 0 Å². The number of esters is 1. The van der Waals surface area contributed by atoms with Crippen molar-refractivity contribution in [1.82, 2.24) is 15.0 Å². The van der Waals surface area contributed by atoms with E-state index in [4.69, 9.17) is 4.74 Å². The highest BCUT2D eigenvalue weighted by Crippen LogP contribution is 2.27. The summed E-state index contributed by atoms with van der Waals surface area (Å²) in [5.74, 6) is 0.553. The van der Waals surface area contributed by atoms with Gasteiger partial charge in [-0.3, -0.25) is 0 Å². The maximum absolute atomic E-state index is 11.7. The molecule has 0 aliphatic rings. The van der Waals surface area contributed by atoms with Gasteiger partial charge in [0.25, 0.3) is 0 Å². The summed E-state index contributed by atoms with van der Waals surface area (Å²) in [6.07, 6.45) is 1.54. The van der Waals surface area contributed by atoms with E-state index in [0.29, 0.717) is 12.2 Å². The molecule has 0 aliphatic carbocycles. The molecule has 23 heavy (non-hydrogen) atoms. The van der Waals surface area contributed by atoms with Gasteiger partial charge in [-0.1, -0.05) is 12.1 Å². The lowest BCUT2D eigenvalue weighted by molar-refractivity contribution is 0.0526. The molecule has 2 aromatic heterocycles. The van der Waals surface area contributed by atoms with Crippen LogP contribution in [0.3, 0.4) is 0 Å². The van der Waals surface area contributed by atoms with Gasteiger partial charge in [0.1, 0.15) is 17.8 Å². The fourth-order valence-electron chi connectivity index (χ4n) is 2.44. The van der Waals surface area contributed by atoms with E-state index >= 15 is 0 Å². The normalized spacial score (nSPS) is 10.7. The van der Waals surface area contributed by atoms with E-state index in [0.717, 1.165) is 28.1 Å². The molecule has 6 nitrogen and oxygen atoms in total. The summed E-state index contributed by atoms with van der Waals surface area (Å²) < 4.78 is 4.99. The second-order valence-corrected chi connectivity index (χ2v) is 5.33. The van der Waals surface area contributed by atoms with Crippen LogP contribution in [0.4, 0.5) is 5.82 Å². The van der Waals surface area contributed by atoms with Crippen molar-refractivity contribution >= 4 is 22.8 Å². The first-order valence-electron chi connectivity index (χ1n) is 7.38. The van der Waals surface area contributed by atoms with Crippen LogP contribution in [0, 0.1) is 0 Å². The van der Waals surface area contributed by atoms with Crippen LogP contribution in [0.1, 0.15) is 17.3 Å². The first kappa shape index (κ1) is 15.0. The molecule has 0 bridgehead atoms. The average molecular weight is 310 g/mol. The average Bonchev–Trinajstić information content (AvgIpc) is 2.99. The van der Waals surface area contributed by atoms with Crippen molar-refractivity contribution in [1.29, 1.82) is 0 Å². The van der Waals surface area contributed by atoms with Crippen molar-refractivity contribution < 1.29 is 9.53 Å². The number of nitrogens with zero attached hydrogens (tertiary/aromatic N) is 3. The zero-order chi connectivity index (χ0) is 16.4. The van der Waals surface area contributed by atoms with E-state index in [1.807, 2.05) is 37.2 Å². The van der Waals surface area contributed by atoms with Crippen LogP contribution < -0.4 is 4.90 Å². The number of anilines is 1. The van der Waals surface area contributed by atoms with Gasteiger partial charge in [0.2, 0.25) is 0 Å². The minimum atomic E-state index is -0.309. The van der Waals surface area contributed by atoms with Crippen LogP contribution in [-0.2, 0) is 4.74 Å². The largest absolute Gasteiger partial charge is 0.462 e. The third-order valence-electron chi connectivity index (χ3n) is 3.54. The van der Waals surface area contributed by atoms with Crippen molar-refractivity contribution in [2.45, 2.75) is 6.92 Å². The fraction of sp³-hybridized carbons (Fsp3) is 0.235. The number of hydrogen-bond donors (Lipinski definition) is 1. The van der Waals surface area contributed by atoms with Crippen LogP contribution in [-0.4, -0.2) is 41.6 Å². The van der Waals surface area contributed by atoms with Crippen LogP contribution in [0.15, 0.2) is 36.7 Å². The third-order valence-corrected chi connectivity index (χ3v) is 3.54. The van der Waals surface area contributed by atoms with Crippen LogP contribution in [0.2, 0.25) is 0 Å². The number of rotatable bonds is 4. The van der Waals surface area contributed by atoms with E-state index in [-0.39, 0.29) is 5.97 Å². The van der Waals surface area contributed by atoms with E-state index < -0.39 is 0 Å². The second kappa shape index (κ2) is 6.08. The molecule has 0 atom stereocenters. The van der Waals surface area contributed by atoms with Gasteiger partial charge in [0, 0.05) is 19.8 Å². The summed E-state index contributed by atoms with van der Waals surface area (Å²) in [5, 5.41) is 0.960. The molecule has 0 saturated heterocycles. The zero-order valence-corrected chi connectivity index (χ0v) is 13.3. The maximum Gasteiger partial charge on any atom is 0.338 e. The number of fused-ring (bicyclic) bond motifs is 1. The van der Waals surface area contributed by atoms with Gasteiger partial charge < -0.3 is 14.6 Å². The highest BCUT2D eigenvalue weighted by molar-refractivity contribution is 5.93. The summed E-state index contributed by atoms with van der Waals surface area (Å²) in [4.78, 5) is 25.5. The van der Waals surface area contributed by atoms with E-state index in [1.165, 1.54) is 0 Å². The van der Waals surface area contributed by atoms with Gasteiger partial charge in [-0.25, -0.2) is 14.8 Å². The van der Waals surface area contributed by atoms with Gasteiger partial charge in [-0.05, 0) is 30.7 Å². The molecule has 0 amide bonds. The second-order valence-electron chi connectivity index (χ2n) is 5.33. The molecule has 118 valence electrons. The number of aromatic amines is 1. The van der Waals surface area contributed by atoms with Crippen molar-refractivity contribution in [3.05, 3.63) is 42.2 Å². The Morgan fingerprint density at radius 2 is 1.96 bits per heavy atom. The quantitative estimate of drug-likeness (QED) is 0.750. The Morgan fingerprint density at radius 1 is 1.22 bits per heavy atom. The molecule has 0 unspecified atom stereocenters. The lowest BCUT2D eigenvalue weighted by Gasteiger charge is -2.10. The van der Waals surface area contributed by atoms with Gasteiger partial charge >= 0.3 is 5.97 Å². The number of nitrogens with one attached hydrogen (secondary N) is 1. The molecule has 0 saturated carbocycles. The van der Waals surface area contributed by atoms with Crippen LogP contribution in [0.5, 0.6) is 0 Å². The molecule has 6 heteroatoms. The smallest absolute Gasteiger partial charge is 0.338 e. The predicted molar refractivity (Wildman–Crippen MR) is 89.6 cm³/mol. The number of aromatic nitrogens is 3. The molecule has 2 heterocycles. The highest BCUT2D eigenvalue weighted by atomic mass is 16.5. The van der Waals surface area contributed by atoms with Gasteiger partial charge in [0.05, 0.1) is 17.6 Å². The van der Waals surface area contributed by atoms with Crippen LogP contribution in [0.25, 0.3) is 22.3 Å². The zero-order valence-electron chi connectivity index (χ0n) is 13.3. The summed E-state index contributed by atoms with van der Waals surface area (Å²) in [6, 6.07) is 9.32. The molecule has 0 radical (unpaired) electrons. The first-order chi connectivity index (χ1) is 11.1. The number of H-pyrrole nitrogens is 1. The highest BCUT2D eigenvalue weighted by Gasteiger charge is 2.11. The minimum absolute atomic E-state index is 0.309. The molecule has 0 spiro atoms. The Balaban J connectivity index is 1.97. The molecular formula is C17H18N4O2. The Hall–Kier alpha value is -2.89. The number of hydrogen-bond acceptors (Lipinski definition) is 5. The molecule has 0 aliphatic heterocycles. The summed E-state index contributed by atoms with van der Waals surface area (Å²) in [6.45, 7) is 2.16. The number of carbonyl (C=O) groups is 1. The Morgan fingerprint density at radius 3 is 2.61 bits per heavy atom. The lowest BCUT2D eigenvalue weighted by atomic mass is 10.1. The molecule has 3 aromatic rings. The third kappa shape index (κ3) is 2.88. The standard InChI is InChI=1S/C17H18N4O2/c1-4-23-17(22)12-7-5-11(6-8-12)14-9-13-15(20-14)18-10-19-16(13)21(2)3/h5-10H,4H2,1-3H3,(H,18,19,20). The Bertz CT molecular complexity index is 837. The fourth-order valence-corrected chi connectivity index (χ4v) is 2.44. The first-order valence-corrected chi connectivity index (χ1v) is 7.38. The maximum atomic E-state index is 11.7. The predicted octanol–water partition coefficient (Wildman–Crippen LogP) is 2.87. The number of benzene rings is 1. The Kier molecular flexibility index (Phi) is 3.97. The lowest BCUT2D eigenvalue weighted by Crippen LogP contribution is -2.10. The van der Waals surface area contributed by atoms with Crippen molar-refractivity contribution in [3.63, 3.8) is 0 Å². The molecule has 3 rings (SSSR count). The summed E-state index contributed by atoms with van der Waals surface area (Å²) in [7, 11) is 3.89. The van der Waals surface area contributed by atoms with Crippen LogP contribution >= 0.6 is 0 Å². The molecular weight excluding hydrogens is 292 g/mol. The molecule has 1 N–H and O–H groups in total. The number of carbonyl (C=O) groups excluding carboxylic acids is 1. The van der Waals surface area contributed by atoms with E-state index in [1.54, 1.807) is 25.4 Å². The Labute approximate surface area is 134 Å².